The Labute approximate surface area is 207 Å². The van der Waals surface area contributed by atoms with Crippen LogP contribution in [0.5, 0.6) is 5.88 Å². The van der Waals surface area contributed by atoms with Gasteiger partial charge in [0.05, 0.1) is 25.2 Å². The molecule has 1 aromatic carbocycles. The van der Waals surface area contributed by atoms with Crippen LogP contribution in [0.25, 0.3) is 27.7 Å². The standard InChI is InChI=1S/C23H22F4N8O2/c1-12(36)33-10-18(23(26,27)11-33)28-21-29-20(37-2)19-15(5-6-34(19)31-21)13-3-4-16-17(7-13)35(32-30-16)14-8-22(24,25)9-14/h3-7,14,18H,8-11H2,1-2H3,(H,28,31)/t18-/m1/s1. The minimum absolute atomic E-state index is 0.0785. The van der Waals surface area contributed by atoms with Crippen molar-refractivity contribution in [1.82, 2.24) is 34.5 Å². The lowest BCUT2D eigenvalue weighted by atomic mass is 9.88. The SMILES string of the molecule is COc1nc(N[C@@H]2CN(C(C)=O)CC2(F)F)nn2ccc(-c3ccc4nnn(C5CC(F)(F)C5)c4c3)c12. The van der Waals surface area contributed by atoms with Gasteiger partial charge in [-0.3, -0.25) is 4.79 Å². The molecule has 0 radical (unpaired) electrons. The fourth-order valence-corrected chi connectivity index (χ4v) is 4.93. The molecule has 1 aliphatic carbocycles. The smallest absolute Gasteiger partial charge is 0.286 e. The zero-order valence-corrected chi connectivity index (χ0v) is 19.8. The first kappa shape index (κ1) is 23.4. The van der Waals surface area contributed by atoms with E-state index in [1.807, 2.05) is 12.1 Å². The number of nitrogens with zero attached hydrogens (tertiary/aromatic N) is 7. The van der Waals surface area contributed by atoms with E-state index in [9.17, 15) is 22.4 Å². The van der Waals surface area contributed by atoms with Gasteiger partial charge < -0.3 is 15.0 Å². The van der Waals surface area contributed by atoms with Gasteiger partial charge in [-0.2, -0.15) is 4.98 Å². The van der Waals surface area contributed by atoms with Gasteiger partial charge in [0, 0.05) is 38.1 Å². The van der Waals surface area contributed by atoms with Gasteiger partial charge in [-0.1, -0.05) is 11.3 Å². The Balaban J connectivity index is 1.35. The molecule has 1 atom stereocenters. The van der Waals surface area contributed by atoms with Gasteiger partial charge >= 0.3 is 0 Å². The third-order valence-corrected chi connectivity index (χ3v) is 6.93. The van der Waals surface area contributed by atoms with Crippen LogP contribution in [0, 0.1) is 0 Å². The molecule has 1 saturated carbocycles. The third-order valence-electron chi connectivity index (χ3n) is 6.93. The molecule has 194 valence electrons. The number of hydrogen-bond donors (Lipinski definition) is 1. The number of halogens is 4. The van der Waals surface area contributed by atoms with Crippen molar-refractivity contribution < 1.29 is 27.1 Å². The van der Waals surface area contributed by atoms with Gasteiger partial charge in [0.25, 0.3) is 11.8 Å². The van der Waals surface area contributed by atoms with Gasteiger partial charge in [-0.05, 0) is 23.8 Å². The highest BCUT2D eigenvalue weighted by molar-refractivity contribution is 5.89. The molecule has 1 saturated heterocycles. The lowest BCUT2D eigenvalue weighted by Crippen LogP contribution is -2.38. The van der Waals surface area contributed by atoms with Crippen molar-refractivity contribution >= 4 is 28.4 Å². The maximum atomic E-state index is 14.5. The minimum Gasteiger partial charge on any atom is -0.479 e. The van der Waals surface area contributed by atoms with Crippen LogP contribution < -0.4 is 10.1 Å². The molecule has 1 amide bonds. The molecule has 37 heavy (non-hydrogen) atoms. The minimum atomic E-state index is -3.16. The number of methoxy groups -OCH3 is 1. The van der Waals surface area contributed by atoms with Crippen LogP contribution in [-0.2, 0) is 4.79 Å². The zero-order chi connectivity index (χ0) is 26.1. The Morgan fingerprint density at radius 2 is 1.97 bits per heavy atom. The molecule has 4 heterocycles. The third kappa shape index (κ3) is 3.90. The van der Waals surface area contributed by atoms with Crippen LogP contribution in [-0.4, -0.2) is 78.5 Å². The van der Waals surface area contributed by atoms with Crippen LogP contribution in [0.15, 0.2) is 30.5 Å². The fourth-order valence-electron chi connectivity index (χ4n) is 4.93. The molecule has 4 aromatic rings. The second-order valence-electron chi connectivity index (χ2n) is 9.48. The number of anilines is 1. The molecule has 0 spiro atoms. The lowest BCUT2D eigenvalue weighted by Gasteiger charge is -2.34. The van der Waals surface area contributed by atoms with Crippen molar-refractivity contribution in [3.05, 3.63) is 30.5 Å². The first-order valence-corrected chi connectivity index (χ1v) is 11.6. The number of hydrogen-bond acceptors (Lipinski definition) is 7. The second-order valence-corrected chi connectivity index (χ2v) is 9.48. The number of amides is 1. The summed E-state index contributed by atoms with van der Waals surface area (Å²) < 4.78 is 64.3. The van der Waals surface area contributed by atoms with Crippen LogP contribution in [0.4, 0.5) is 23.5 Å². The number of carbonyl (C=O) groups excluding carboxylic acids is 1. The monoisotopic (exact) mass is 518 g/mol. The topological polar surface area (TPSA) is 102 Å². The maximum Gasteiger partial charge on any atom is 0.286 e. The molecule has 6 rings (SSSR count). The quantitative estimate of drug-likeness (QED) is 0.404. The van der Waals surface area contributed by atoms with Crippen LogP contribution in [0.1, 0.15) is 25.8 Å². The van der Waals surface area contributed by atoms with E-state index in [1.54, 1.807) is 18.3 Å². The van der Waals surface area contributed by atoms with E-state index in [0.29, 0.717) is 22.1 Å². The summed E-state index contributed by atoms with van der Waals surface area (Å²) in [6.07, 6.45) is 1.07. The molecule has 0 bridgehead atoms. The molecule has 2 aliphatic rings. The summed E-state index contributed by atoms with van der Waals surface area (Å²) in [5, 5.41) is 15.1. The highest BCUT2D eigenvalue weighted by Gasteiger charge is 2.49. The Hall–Kier alpha value is -3.97. The van der Waals surface area contributed by atoms with Crippen LogP contribution in [0.3, 0.4) is 0 Å². The average molecular weight is 518 g/mol. The molecule has 10 nitrogen and oxygen atoms in total. The largest absolute Gasteiger partial charge is 0.479 e. The predicted octanol–water partition coefficient (Wildman–Crippen LogP) is 3.40. The van der Waals surface area contributed by atoms with Gasteiger partial charge in [-0.25, -0.2) is 26.8 Å². The summed E-state index contributed by atoms with van der Waals surface area (Å²) in [5.41, 5.74) is 3.10. The first-order chi connectivity index (χ1) is 17.5. The van der Waals surface area contributed by atoms with Crippen molar-refractivity contribution in [2.24, 2.45) is 0 Å². The predicted molar refractivity (Wildman–Crippen MR) is 124 cm³/mol. The Bertz CT molecular complexity index is 1530. The summed E-state index contributed by atoms with van der Waals surface area (Å²) in [5.74, 6) is -6.22. The molecule has 1 aliphatic heterocycles. The number of nitrogens with one attached hydrogen (secondary N) is 1. The first-order valence-electron chi connectivity index (χ1n) is 11.6. The van der Waals surface area contributed by atoms with Crippen molar-refractivity contribution in [3.8, 4) is 17.0 Å². The molecule has 2 fully saturated rings. The number of carbonyl (C=O) groups is 1. The summed E-state index contributed by atoms with van der Waals surface area (Å²) in [6.45, 7) is 0.379. The van der Waals surface area contributed by atoms with E-state index in [-0.39, 0.29) is 31.2 Å². The summed E-state index contributed by atoms with van der Waals surface area (Å²) in [4.78, 5) is 17.0. The molecule has 0 unspecified atom stereocenters. The van der Waals surface area contributed by atoms with Crippen molar-refractivity contribution in [3.63, 3.8) is 0 Å². The lowest BCUT2D eigenvalue weighted by molar-refractivity contribution is -0.129. The van der Waals surface area contributed by atoms with Gasteiger partial charge in [0.1, 0.15) is 17.1 Å². The summed E-state index contributed by atoms with van der Waals surface area (Å²) >= 11 is 0. The number of ether oxygens (including phenoxy) is 1. The molecule has 1 N–H and O–H groups in total. The van der Waals surface area contributed by atoms with E-state index < -0.39 is 36.4 Å². The van der Waals surface area contributed by atoms with Crippen LogP contribution in [0.2, 0.25) is 0 Å². The van der Waals surface area contributed by atoms with Crippen LogP contribution >= 0.6 is 0 Å². The van der Waals surface area contributed by atoms with E-state index in [0.717, 1.165) is 10.5 Å². The summed E-state index contributed by atoms with van der Waals surface area (Å²) in [6, 6.07) is 5.35. The number of alkyl halides is 4. The van der Waals surface area contributed by atoms with Crippen molar-refractivity contribution in [2.45, 2.75) is 43.7 Å². The second kappa shape index (κ2) is 8.02. The number of likely N-dealkylation sites (tertiary alicyclic amines) is 1. The van der Waals surface area contributed by atoms with Crippen molar-refractivity contribution in [2.75, 3.05) is 25.5 Å². The van der Waals surface area contributed by atoms with E-state index in [2.05, 4.69) is 25.7 Å². The van der Waals surface area contributed by atoms with E-state index in [1.165, 1.54) is 23.2 Å². The molecule has 3 aromatic heterocycles. The normalized spacial score (nSPS) is 20.9. The Morgan fingerprint density at radius 3 is 2.65 bits per heavy atom. The molecular formula is C23H22F4N8O2. The highest BCUT2D eigenvalue weighted by atomic mass is 19.3. The van der Waals surface area contributed by atoms with Gasteiger partial charge in [0.2, 0.25) is 17.7 Å². The Morgan fingerprint density at radius 1 is 1.19 bits per heavy atom. The summed E-state index contributed by atoms with van der Waals surface area (Å²) in [7, 11) is 1.41. The molecule has 14 heteroatoms. The molecular weight excluding hydrogens is 496 g/mol. The average Bonchev–Trinajstić information content (AvgIpc) is 3.51. The van der Waals surface area contributed by atoms with Gasteiger partial charge in [-0.15, -0.1) is 10.2 Å². The van der Waals surface area contributed by atoms with Crippen molar-refractivity contribution in [1.29, 1.82) is 0 Å². The van der Waals surface area contributed by atoms with Gasteiger partial charge in [0.15, 0.2) is 0 Å². The zero-order valence-electron chi connectivity index (χ0n) is 19.8. The number of fused-ring (bicyclic) bond motifs is 2. The Kier molecular flexibility index (Phi) is 5.08. The maximum absolute atomic E-state index is 14.5. The number of benzene rings is 1. The van der Waals surface area contributed by atoms with E-state index >= 15 is 0 Å². The highest BCUT2D eigenvalue weighted by Crippen LogP contribution is 2.46. The van der Waals surface area contributed by atoms with E-state index in [4.69, 9.17) is 4.74 Å². The fraction of sp³-hybridized carbons (Fsp3) is 0.435. The number of aromatic nitrogens is 6. The number of rotatable bonds is 5.